The maximum Gasteiger partial charge on any atom is 0.341 e. The quantitative estimate of drug-likeness (QED) is 0.158. The van der Waals surface area contributed by atoms with Gasteiger partial charge in [0.05, 0.1) is 22.4 Å². The Labute approximate surface area is 311 Å². The van der Waals surface area contributed by atoms with Crippen molar-refractivity contribution in [3.63, 3.8) is 0 Å². The van der Waals surface area contributed by atoms with Crippen LogP contribution in [0.5, 0.6) is 0 Å². The van der Waals surface area contributed by atoms with Gasteiger partial charge in [-0.05, 0) is 49.9 Å². The minimum absolute atomic E-state index is 0. The molecule has 0 amide bonds. The third-order valence-electron chi connectivity index (χ3n) is 9.46. The Balaban J connectivity index is 0.000000941. The van der Waals surface area contributed by atoms with Gasteiger partial charge < -0.3 is 78.1 Å². The van der Waals surface area contributed by atoms with Crippen LogP contribution in [0.15, 0.2) is 46.2 Å². The number of carbonyl (C=O) groups is 2. The second kappa shape index (κ2) is 20.0. The van der Waals surface area contributed by atoms with Gasteiger partial charge in [0.15, 0.2) is 0 Å². The van der Waals surface area contributed by atoms with Crippen LogP contribution in [0.3, 0.4) is 0 Å². The summed E-state index contributed by atoms with van der Waals surface area (Å²) in [6.45, 7) is 5.92. The first-order chi connectivity index (χ1) is 23.1. The Morgan fingerprint density at radius 1 is 0.564 bits per heavy atom. The first-order valence-electron chi connectivity index (χ1n) is 16.3. The number of aromatic nitrogens is 2. The first kappa shape index (κ1) is 49.9. The predicted molar refractivity (Wildman–Crippen MR) is 202 cm³/mol. The molecule has 2 aromatic heterocycles. The van der Waals surface area contributed by atoms with Gasteiger partial charge in [0.2, 0.25) is 10.9 Å². The molecule has 55 heavy (non-hydrogen) atoms. The average molecular weight is 789 g/mol. The van der Waals surface area contributed by atoms with E-state index in [4.69, 9.17) is 0 Å². The molecule has 4 heterocycles. The highest BCUT2D eigenvalue weighted by Crippen LogP contribution is 2.39. The SMILES string of the molecule is O.O.O.O.O.O.O.O=C(O)c1cn(C2CC2)c2cc(N3CCNCC3)c(F)cc2c1=O.O=C(O)c1cn(C2CC2)c2cc(N3CCNCC3)c(F)cc2c1=O. The van der Waals surface area contributed by atoms with Crippen LogP contribution >= 0.6 is 0 Å². The molecule has 19 nitrogen and oxygen atoms in total. The molecule has 18 N–H and O–H groups in total. The number of piperazine rings is 2. The van der Waals surface area contributed by atoms with Crippen molar-refractivity contribution in [2.75, 3.05) is 62.2 Å². The van der Waals surface area contributed by atoms with Crippen LogP contribution in [0.25, 0.3) is 21.8 Å². The van der Waals surface area contributed by atoms with E-state index in [9.17, 15) is 38.2 Å². The fourth-order valence-corrected chi connectivity index (χ4v) is 6.63. The number of halogens is 2. The Morgan fingerprint density at radius 2 is 0.873 bits per heavy atom. The standard InChI is InChI=1S/2C17H18FN3O3.7H2O/c2*18-13-7-11-14(8-15(13)20-5-3-19-4-6-20)21(10-1-2-10)9-12(16(11)22)17(23)24;;;;;;;/h2*7-10,19H,1-6H2,(H,23,24);7*1H2. The summed E-state index contributed by atoms with van der Waals surface area (Å²) in [4.78, 5) is 51.4. The Kier molecular flexibility index (Phi) is 18.1. The van der Waals surface area contributed by atoms with E-state index >= 15 is 0 Å². The van der Waals surface area contributed by atoms with Gasteiger partial charge in [-0.15, -0.1) is 0 Å². The molecule has 0 spiro atoms. The number of anilines is 2. The largest absolute Gasteiger partial charge is 0.477 e. The molecule has 0 atom stereocenters. The fourth-order valence-electron chi connectivity index (χ4n) is 6.63. The number of pyridine rings is 2. The van der Waals surface area contributed by atoms with E-state index in [-0.39, 0.29) is 72.3 Å². The van der Waals surface area contributed by atoms with Crippen molar-refractivity contribution in [1.29, 1.82) is 0 Å². The molecule has 0 unspecified atom stereocenters. The predicted octanol–water partition coefficient (Wildman–Crippen LogP) is -2.61. The number of benzene rings is 2. The molecular formula is C34H50F2N6O13. The van der Waals surface area contributed by atoms with Crippen molar-refractivity contribution in [3.05, 3.63) is 79.9 Å². The first-order valence-corrected chi connectivity index (χ1v) is 16.3. The second-order valence-electron chi connectivity index (χ2n) is 12.7. The number of aromatic carboxylic acids is 2. The molecule has 308 valence electrons. The summed E-state index contributed by atoms with van der Waals surface area (Å²) in [5.41, 5.74) is 0.319. The maximum atomic E-state index is 14.6. The topological polar surface area (TPSA) is 370 Å². The molecule has 2 aliphatic heterocycles. The van der Waals surface area contributed by atoms with Gasteiger partial charge in [0.25, 0.3) is 0 Å². The van der Waals surface area contributed by atoms with Crippen molar-refractivity contribution in [3.8, 4) is 0 Å². The van der Waals surface area contributed by atoms with Gasteiger partial charge in [0.1, 0.15) is 22.8 Å². The number of carboxylic acids is 2. The molecule has 8 rings (SSSR count). The molecule has 2 aliphatic carbocycles. The van der Waals surface area contributed by atoms with E-state index in [2.05, 4.69) is 10.6 Å². The van der Waals surface area contributed by atoms with Crippen LogP contribution in [0, 0.1) is 11.6 Å². The molecule has 2 saturated heterocycles. The smallest absolute Gasteiger partial charge is 0.341 e. The number of fused-ring (bicyclic) bond motifs is 2. The van der Waals surface area contributed by atoms with Gasteiger partial charge >= 0.3 is 11.9 Å². The lowest BCUT2D eigenvalue weighted by molar-refractivity contribution is 0.0684. The number of carboxylic acid groups (broad SMARTS) is 2. The average Bonchev–Trinajstić information content (AvgIpc) is 4.01. The normalized spacial score (nSPS) is 15.8. The zero-order chi connectivity index (χ0) is 33.7. The van der Waals surface area contributed by atoms with Crippen molar-refractivity contribution in [2.24, 2.45) is 0 Å². The third-order valence-corrected chi connectivity index (χ3v) is 9.46. The van der Waals surface area contributed by atoms with E-state index < -0.39 is 34.4 Å². The van der Waals surface area contributed by atoms with Crippen LogP contribution in [0.2, 0.25) is 0 Å². The highest BCUT2D eigenvalue weighted by molar-refractivity contribution is 5.94. The van der Waals surface area contributed by atoms with Crippen molar-refractivity contribution >= 4 is 45.1 Å². The number of hydrogen-bond donors (Lipinski definition) is 4. The molecule has 2 aromatic carbocycles. The van der Waals surface area contributed by atoms with E-state index in [1.165, 1.54) is 24.5 Å². The minimum Gasteiger partial charge on any atom is -0.477 e. The summed E-state index contributed by atoms with van der Waals surface area (Å²) < 4.78 is 32.9. The number of nitrogens with zero attached hydrogens (tertiary/aromatic N) is 4. The van der Waals surface area contributed by atoms with Crippen LogP contribution in [-0.2, 0) is 0 Å². The lowest BCUT2D eigenvalue weighted by Crippen LogP contribution is -2.43. The molecule has 4 aliphatic rings. The Morgan fingerprint density at radius 3 is 1.15 bits per heavy atom. The molecule has 2 saturated carbocycles. The van der Waals surface area contributed by atoms with Crippen LogP contribution in [0.1, 0.15) is 58.5 Å². The second-order valence-corrected chi connectivity index (χ2v) is 12.7. The summed E-state index contributed by atoms with van der Waals surface area (Å²) in [6, 6.07) is 6.16. The number of rotatable bonds is 6. The van der Waals surface area contributed by atoms with Crippen LogP contribution in [0.4, 0.5) is 20.2 Å². The van der Waals surface area contributed by atoms with Crippen molar-refractivity contribution in [2.45, 2.75) is 37.8 Å². The molecular weight excluding hydrogens is 738 g/mol. The summed E-state index contributed by atoms with van der Waals surface area (Å²) in [7, 11) is 0. The summed E-state index contributed by atoms with van der Waals surface area (Å²) >= 11 is 0. The fraction of sp³-hybridized carbons (Fsp3) is 0.412. The highest BCUT2D eigenvalue weighted by atomic mass is 19.1. The van der Waals surface area contributed by atoms with Gasteiger partial charge in [-0.25, -0.2) is 18.4 Å². The number of hydrogen-bond acceptors (Lipinski definition) is 8. The zero-order valence-electron chi connectivity index (χ0n) is 29.7. The molecule has 0 bridgehead atoms. The van der Waals surface area contributed by atoms with Gasteiger partial charge in [-0.2, -0.15) is 0 Å². The molecule has 21 heteroatoms. The van der Waals surface area contributed by atoms with Gasteiger partial charge in [-0.3, -0.25) is 9.59 Å². The Bertz CT molecular complexity index is 1930. The van der Waals surface area contributed by atoms with E-state index in [0.717, 1.165) is 51.9 Å². The van der Waals surface area contributed by atoms with Gasteiger partial charge in [-0.1, -0.05) is 0 Å². The lowest BCUT2D eigenvalue weighted by atomic mass is 10.1. The minimum atomic E-state index is -1.28. The number of nitrogens with one attached hydrogen (secondary N) is 2. The Hall–Kier alpha value is -5.10. The zero-order valence-corrected chi connectivity index (χ0v) is 29.7. The van der Waals surface area contributed by atoms with E-state index in [1.54, 1.807) is 12.1 Å². The maximum absolute atomic E-state index is 14.6. The van der Waals surface area contributed by atoms with Crippen LogP contribution < -0.4 is 31.3 Å². The lowest BCUT2D eigenvalue weighted by Gasteiger charge is -2.30. The van der Waals surface area contributed by atoms with Crippen molar-refractivity contribution in [1.82, 2.24) is 19.8 Å². The highest BCUT2D eigenvalue weighted by Gasteiger charge is 2.29. The summed E-state index contributed by atoms with van der Waals surface area (Å²) in [5.74, 6) is -3.51. The molecule has 4 aromatic rings. The monoisotopic (exact) mass is 788 g/mol. The molecule has 0 radical (unpaired) electrons. The van der Waals surface area contributed by atoms with Gasteiger partial charge in [0, 0.05) is 87.6 Å². The van der Waals surface area contributed by atoms with E-state index in [0.29, 0.717) is 48.6 Å². The van der Waals surface area contributed by atoms with E-state index in [1.807, 2.05) is 18.9 Å². The summed E-state index contributed by atoms with van der Waals surface area (Å²) in [5, 5.41) is 25.2. The summed E-state index contributed by atoms with van der Waals surface area (Å²) in [6.07, 6.45) is 6.58. The van der Waals surface area contributed by atoms with Crippen LogP contribution in [-0.4, -0.2) is 122 Å². The third kappa shape index (κ3) is 9.77. The van der Waals surface area contributed by atoms with Crippen molar-refractivity contribution < 1.29 is 66.9 Å². The molecule has 4 fully saturated rings.